The minimum atomic E-state index is 0.588. The molecule has 0 amide bonds. The molecule has 0 aliphatic heterocycles. The first-order chi connectivity index (χ1) is 5.81. The number of fused-ring (bicyclic) bond motifs is 1. The predicted octanol–water partition coefficient (Wildman–Crippen LogP) is 1.03. The quantitative estimate of drug-likeness (QED) is 0.679. The van der Waals surface area contributed by atoms with E-state index in [0.717, 1.165) is 16.5 Å². The zero-order valence-corrected chi connectivity index (χ0v) is 6.99. The van der Waals surface area contributed by atoms with Crippen molar-refractivity contribution in [3.8, 4) is 0 Å². The molecule has 0 radical (unpaired) electrons. The molecule has 1 heterocycles. The minimum Gasteiger partial charge on any atom is -0.326 e. The molecular formula is C9H11N3. The molecule has 2 N–H and O–H groups in total. The molecule has 0 bridgehead atoms. The molecule has 0 aliphatic carbocycles. The van der Waals surface area contributed by atoms with Crippen LogP contribution in [0.1, 0.15) is 5.56 Å². The molecule has 3 nitrogen and oxygen atoms in total. The Labute approximate surface area is 70.8 Å². The van der Waals surface area contributed by atoms with Crippen molar-refractivity contribution in [2.75, 3.05) is 0 Å². The van der Waals surface area contributed by atoms with Crippen LogP contribution in [0.2, 0.25) is 0 Å². The van der Waals surface area contributed by atoms with Gasteiger partial charge in [0.05, 0.1) is 11.7 Å². The van der Waals surface area contributed by atoms with Gasteiger partial charge in [-0.3, -0.25) is 4.68 Å². The van der Waals surface area contributed by atoms with Gasteiger partial charge in [0, 0.05) is 19.0 Å². The second-order valence-electron chi connectivity index (χ2n) is 2.87. The summed E-state index contributed by atoms with van der Waals surface area (Å²) in [5.74, 6) is 0. The van der Waals surface area contributed by atoms with Crippen molar-refractivity contribution < 1.29 is 0 Å². The fourth-order valence-electron chi connectivity index (χ4n) is 1.34. The van der Waals surface area contributed by atoms with E-state index in [2.05, 4.69) is 11.2 Å². The van der Waals surface area contributed by atoms with E-state index in [1.54, 1.807) is 0 Å². The normalized spacial score (nSPS) is 10.8. The fourth-order valence-corrected chi connectivity index (χ4v) is 1.34. The largest absolute Gasteiger partial charge is 0.326 e. The Balaban J connectivity index is 2.69. The molecule has 1 aromatic carbocycles. The van der Waals surface area contributed by atoms with E-state index in [1.165, 1.54) is 0 Å². The van der Waals surface area contributed by atoms with Crippen LogP contribution in [0.4, 0.5) is 0 Å². The molecule has 0 saturated carbocycles. The van der Waals surface area contributed by atoms with E-state index in [4.69, 9.17) is 5.73 Å². The minimum absolute atomic E-state index is 0.588. The lowest BCUT2D eigenvalue weighted by Crippen LogP contribution is -1.95. The first kappa shape index (κ1) is 7.31. The zero-order valence-electron chi connectivity index (χ0n) is 6.99. The number of hydrogen-bond acceptors (Lipinski definition) is 2. The second kappa shape index (κ2) is 2.60. The van der Waals surface area contributed by atoms with Gasteiger partial charge in [-0.25, -0.2) is 0 Å². The molecule has 2 rings (SSSR count). The van der Waals surface area contributed by atoms with Gasteiger partial charge in [0.25, 0.3) is 0 Å². The highest BCUT2D eigenvalue weighted by atomic mass is 15.2. The molecule has 2 aromatic rings. The van der Waals surface area contributed by atoms with E-state index in [1.807, 2.05) is 30.1 Å². The molecule has 0 unspecified atom stereocenters. The van der Waals surface area contributed by atoms with Gasteiger partial charge in [0.15, 0.2) is 0 Å². The monoisotopic (exact) mass is 161 g/mol. The predicted molar refractivity (Wildman–Crippen MR) is 48.6 cm³/mol. The van der Waals surface area contributed by atoms with Gasteiger partial charge >= 0.3 is 0 Å². The van der Waals surface area contributed by atoms with Crippen molar-refractivity contribution in [3.63, 3.8) is 0 Å². The van der Waals surface area contributed by atoms with Crippen LogP contribution >= 0.6 is 0 Å². The highest BCUT2D eigenvalue weighted by Gasteiger charge is 1.98. The molecular weight excluding hydrogens is 150 g/mol. The van der Waals surface area contributed by atoms with Crippen LogP contribution < -0.4 is 5.73 Å². The molecule has 0 atom stereocenters. The summed E-state index contributed by atoms with van der Waals surface area (Å²) in [4.78, 5) is 0. The van der Waals surface area contributed by atoms with Gasteiger partial charge in [-0.2, -0.15) is 5.10 Å². The third kappa shape index (κ3) is 0.987. The van der Waals surface area contributed by atoms with Crippen LogP contribution in [-0.2, 0) is 13.6 Å². The zero-order chi connectivity index (χ0) is 8.55. The molecule has 0 spiro atoms. The van der Waals surface area contributed by atoms with Gasteiger partial charge in [0.1, 0.15) is 0 Å². The summed E-state index contributed by atoms with van der Waals surface area (Å²) in [7, 11) is 1.93. The van der Waals surface area contributed by atoms with Crippen LogP contribution in [0, 0.1) is 0 Å². The molecule has 0 saturated heterocycles. The Morgan fingerprint density at radius 1 is 1.50 bits per heavy atom. The second-order valence-corrected chi connectivity index (χ2v) is 2.87. The third-order valence-electron chi connectivity index (χ3n) is 2.05. The molecule has 3 heteroatoms. The average molecular weight is 161 g/mol. The number of rotatable bonds is 1. The van der Waals surface area contributed by atoms with Crippen LogP contribution in [0.25, 0.3) is 10.9 Å². The van der Waals surface area contributed by atoms with E-state index in [0.29, 0.717) is 6.54 Å². The highest BCUT2D eigenvalue weighted by molar-refractivity contribution is 5.79. The summed E-state index contributed by atoms with van der Waals surface area (Å²) >= 11 is 0. The molecule has 0 aliphatic rings. The highest BCUT2D eigenvalue weighted by Crippen LogP contribution is 2.14. The maximum atomic E-state index is 5.52. The standard InChI is InChI=1S/C9H11N3/c1-12-9-3-2-7(5-10)4-8(9)6-11-12/h2-4,6H,5,10H2,1H3. The summed E-state index contributed by atoms with van der Waals surface area (Å²) in [6, 6.07) is 6.15. The average Bonchev–Trinajstić information content (AvgIpc) is 2.47. The van der Waals surface area contributed by atoms with Crippen molar-refractivity contribution in [1.29, 1.82) is 0 Å². The van der Waals surface area contributed by atoms with E-state index in [9.17, 15) is 0 Å². The first-order valence-corrected chi connectivity index (χ1v) is 3.92. The summed E-state index contributed by atoms with van der Waals surface area (Å²) in [6.45, 7) is 0.588. The Morgan fingerprint density at radius 2 is 2.33 bits per heavy atom. The van der Waals surface area contributed by atoms with Gasteiger partial charge in [0.2, 0.25) is 0 Å². The number of aryl methyl sites for hydroxylation is 1. The number of nitrogens with two attached hydrogens (primary N) is 1. The van der Waals surface area contributed by atoms with Crippen LogP contribution in [0.5, 0.6) is 0 Å². The van der Waals surface area contributed by atoms with E-state index < -0.39 is 0 Å². The Kier molecular flexibility index (Phi) is 1.59. The van der Waals surface area contributed by atoms with Gasteiger partial charge in [-0.1, -0.05) is 6.07 Å². The third-order valence-corrected chi connectivity index (χ3v) is 2.05. The molecule has 62 valence electrons. The summed E-state index contributed by atoms with van der Waals surface area (Å²) in [5, 5.41) is 5.30. The molecule has 12 heavy (non-hydrogen) atoms. The van der Waals surface area contributed by atoms with Crippen LogP contribution in [0.3, 0.4) is 0 Å². The van der Waals surface area contributed by atoms with Crippen LogP contribution in [0.15, 0.2) is 24.4 Å². The Hall–Kier alpha value is -1.35. The summed E-state index contributed by atoms with van der Waals surface area (Å²) in [6.07, 6.45) is 1.86. The van der Waals surface area contributed by atoms with Crippen molar-refractivity contribution >= 4 is 10.9 Å². The van der Waals surface area contributed by atoms with Gasteiger partial charge < -0.3 is 5.73 Å². The molecule has 1 aromatic heterocycles. The molecule has 0 fully saturated rings. The lowest BCUT2D eigenvalue weighted by molar-refractivity contribution is 0.797. The van der Waals surface area contributed by atoms with Gasteiger partial charge in [-0.05, 0) is 17.7 Å². The maximum Gasteiger partial charge on any atom is 0.0679 e. The SMILES string of the molecule is Cn1ncc2cc(CN)ccc21. The van der Waals surface area contributed by atoms with Gasteiger partial charge in [-0.15, -0.1) is 0 Å². The summed E-state index contributed by atoms with van der Waals surface area (Å²) in [5.41, 5.74) is 7.81. The van der Waals surface area contributed by atoms with Crippen LogP contribution in [-0.4, -0.2) is 9.78 Å². The number of aromatic nitrogens is 2. The number of benzene rings is 1. The van der Waals surface area contributed by atoms with Crippen molar-refractivity contribution in [2.24, 2.45) is 12.8 Å². The first-order valence-electron chi connectivity index (χ1n) is 3.92. The van der Waals surface area contributed by atoms with E-state index in [-0.39, 0.29) is 0 Å². The van der Waals surface area contributed by atoms with Crippen molar-refractivity contribution in [3.05, 3.63) is 30.0 Å². The summed E-state index contributed by atoms with van der Waals surface area (Å²) < 4.78 is 1.86. The fraction of sp³-hybridized carbons (Fsp3) is 0.222. The van der Waals surface area contributed by atoms with Crippen molar-refractivity contribution in [2.45, 2.75) is 6.54 Å². The number of nitrogens with zero attached hydrogens (tertiary/aromatic N) is 2. The smallest absolute Gasteiger partial charge is 0.0679 e. The van der Waals surface area contributed by atoms with Crippen molar-refractivity contribution in [1.82, 2.24) is 9.78 Å². The van der Waals surface area contributed by atoms with E-state index >= 15 is 0 Å². The Morgan fingerprint density at radius 3 is 3.08 bits per heavy atom. The topological polar surface area (TPSA) is 43.8 Å². The number of hydrogen-bond donors (Lipinski definition) is 1. The Bertz CT molecular complexity index is 403. The lowest BCUT2D eigenvalue weighted by atomic mass is 10.2. The lowest BCUT2D eigenvalue weighted by Gasteiger charge is -1.96. The maximum absolute atomic E-state index is 5.52.